The van der Waals surface area contributed by atoms with E-state index in [9.17, 15) is 9.59 Å². The second-order valence-corrected chi connectivity index (χ2v) is 13.3. The van der Waals surface area contributed by atoms with Crippen molar-refractivity contribution in [2.45, 2.75) is 58.7 Å². The average Bonchev–Trinajstić information content (AvgIpc) is 3.66. The van der Waals surface area contributed by atoms with Gasteiger partial charge in [-0.05, 0) is 83.3 Å². The number of benzene rings is 1. The first-order valence-electron chi connectivity index (χ1n) is 16.0. The zero-order valence-electron chi connectivity index (χ0n) is 27.3. The number of nitrogens with zero attached hydrogens (tertiary/aromatic N) is 7. The van der Waals surface area contributed by atoms with Crippen LogP contribution in [0.25, 0.3) is 22.2 Å². The molecule has 0 spiro atoms. The van der Waals surface area contributed by atoms with Gasteiger partial charge in [0.2, 0.25) is 11.9 Å². The number of anilines is 3. The summed E-state index contributed by atoms with van der Waals surface area (Å²) in [5, 5.41) is 16.0. The summed E-state index contributed by atoms with van der Waals surface area (Å²) in [5.74, 6) is 0.507. The number of likely N-dealkylation sites (tertiary alicyclic amines) is 1. The number of aryl methyl sites for hydroxylation is 1. The van der Waals surface area contributed by atoms with Crippen molar-refractivity contribution in [3.05, 3.63) is 58.3 Å². The van der Waals surface area contributed by atoms with Crippen molar-refractivity contribution in [3.8, 4) is 11.1 Å². The predicted molar refractivity (Wildman–Crippen MR) is 186 cm³/mol. The number of pyridine rings is 1. The minimum atomic E-state index is -0.109. The van der Waals surface area contributed by atoms with E-state index in [-0.39, 0.29) is 17.5 Å². The third kappa shape index (κ3) is 6.76. The van der Waals surface area contributed by atoms with Crippen molar-refractivity contribution < 1.29 is 4.79 Å². The van der Waals surface area contributed by atoms with Crippen molar-refractivity contribution in [3.63, 3.8) is 0 Å². The van der Waals surface area contributed by atoms with Gasteiger partial charge in [0.1, 0.15) is 5.65 Å². The van der Waals surface area contributed by atoms with Gasteiger partial charge < -0.3 is 20.9 Å². The highest BCUT2D eigenvalue weighted by molar-refractivity contribution is 7.96. The van der Waals surface area contributed by atoms with Crippen LogP contribution in [-0.2, 0) is 11.3 Å². The molecule has 0 bridgehead atoms. The highest BCUT2D eigenvalue weighted by Gasteiger charge is 2.29. The van der Waals surface area contributed by atoms with Gasteiger partial charge in [-0.1, -0.05) is 11.9 Å². The van der Waals surface area contributed by atoms with E-state index in [0.717, 1.165) is 59.6 Å². The van der Waals surface area contributed by atoms with Gasteiger partial charge in [0, 0.05) is 79.9 Å². The molecule has 0 saturated carbocycles. The topological polar surface area (TPSA) is 125 Å². The highest BCUT2D eigenvalue weighted by Crippen LogP contribution is 2.31. The fourth-order valence-corrected chi connectivity index (χ4v) is 6.83. The maximum atomic E-state index is 14.3. The SMILES string of the molecule is CSN(C)CCn1c(=O)c(-c2c(C)nn(C3CCN(C(C)=O)C3)c2C)cc2cnc(Nc3ccc(NC4CCCNC4)cc3)nc21. The number of carbonyl (C=O) groups excluding carboxylic acids is 1. The molecule has 1 amide bonds. The van der Waals surface area contributed by atoms with Crippen LogP contribution in [0.3, 0.4) is 0 Å². The van der Waals surface area contributed by atoms with Crippen LogP contribution < -0.4 is 21.5 Å². The molecule has 0 radical (unpaired) electrons. The summed E-state index contributed by atoms with van der Waals surface area (Å²) in [4.78, 5) is 37.6. The third-order valence-corrected chi connectivity index (χ3v) is 9.94. The van der Waals surface area contributed by atoms with E-state index < -0.39 is 0 Å². The van der Waals surface area contributed by atoms with E-state index in [1.807, 2.05) is 54.9 Å². The zero-order chi connectivity index (χ0) is 32.4. The van der Waals surface area contributed by atoms with Crippen molar-refractivity contribution >= 4 is 46.2 Å². The summed E-state index contributed by atoms with van der Waals surface area (Å²) in [6.07, 6.45) is 6.98. The van der Waals surface area contributed by atoms with Crippen LogP contribution in [0.15, 0.2) is 41.3 Å². The zero-order valence-corrected chi connectivity index (χ0v) is 28.2. The molecule has 2 aliphatic heterocycles. The summed E-state index contributed by atoms with van der Waals surface area (Å²) in [7, 11) is 2.01. The lowest BCUT2D eigenvalue weighted by Gasteiger charge is -2.24. The van der Waals surface area contributed by atoms with Crippen molar-refractivity contribution in [2.75, 3.05) is 56.7 Å². The molecule has 46 heavy (non-hydrogen) atoms. The average molecular weight is 645 g/mol. The number of hydrogen-bond acceptors (Lipinski definition) is 10. The summed E-state index contributed by atoms with van der Waals surface area (Å²) in [6.45, 7) is 10.1. The maximum absolute atomic E-state index is 14.3. The molecule has 13 heteroatoms. The van der Waals surface area contributed by atoms with Crippen LogP contribution in [0.2, 0.25) is 0 Å². The Kier molecular flexibility index (Phi) is 9.62. The molecule has 0 aliphatic carbocycles. The molecule has 5 heterocycles. The number of piperidine rings is 1. The monoisotopic (exact) mass is 644 g/mol. The molecule has 244 valence electrons. The van der Waals surface area contributed by atoms with Crippen molar-refractivity contribution in [1.29, 1.82) is 0 Å². The molecular weight excluding hydrogens is 600 g/mol. The summed E-state index contributed by atoms with van der Waals surface area (Å²) >= 11 is 1.62. The van der Waals surface area contributed by atoms with Gasteiger partial charge in [-0.15, -0.1) is 0 Å². The number of carbonyl (C=O) groups is 1. The Labute approximate surface area is 274 Å². The first kappa shape index (κ1) is 32.0. The third-order valence-electron chi connectivity index (χ3n) is 9.13. The number of fused-ring (bicyclic) bond motifs is 1. The van der Waals surface area contributed by atoms with Gasteiger partial charge in [-0.25, -0.2) is 4.98 Å². The van der Waals surface area contributed by atoms with Crippen molar-refractivity contribution in [1.82, 2.24) is 38.8 Å². The molecule has 2 unspecified atom stereocenters. The molecule has 3 aromatic heterocycles. The molecule has 12 nitrogen and oxygen atoms in total. The van der Waals surface area contributed by atoms with E-state index in [1.165, 1.54) is 6.42 Å². The number of nitrogens with one attached hydrogen (secondary N) is 3. The molecule has 3 N–H and O–H groups in total. The molecule has 2 saturated heterocycles. The van der Waals surface area contributed by atoms with Gasteiger partial charge in [0.25, 0.3) is 5.56 Å². The van der Waals surface area contributed by atoms with Crippen LogP contribution in [0.1, 0.15) is 43.6 Å². The number of likely N-dealkylation sites (N-methyl/N-ethyl adjacent to an activating group) is 1. The lowest BCUT2D eigenvalue weighted by molar-refractivity contribution is -0.127. The lowest BCUT2D eigenvalue weighted by atomic mass is 10.0. The summed E-state index contributed by atoms with van der Waals surface area (Å²) in [6, 6.07) is 10.6. The van der Waals surface area contributed by atoms with E-state index in [2.05, 4.69) is 37.4 Å². The molecule has 4 aromatic rings. The minimum absolute atomic E-state index is 0.0761. The summed E-state index contributed by atoms with van der Waals surface area (Å²) < 4.78 is 5.86. The maximum Gasteiger partial charge on any atom is 0.260 e. The van der Waals surface area contributed by atoms with E-state index in [0.29, 0.717) is 49.4 Å². The predicted octanol–water partition coefficient (Wildman–Crippen LogP) is 4.18. The molecule has 6 rings (SSSR count). The first-order chi connectivity index (χ1) is 22.2. The molecule has 1 aromatic carbocycles. The number of aromatic nitrogens is 5. The Morgan fingerprint density at radius 1 is 1.17 bits per heavy atom. The Bertz CT molecular complexity index is 1760. The number of amides is 1. The lowest BCUT2D eigenvalue weighted by Crippen LogP contribution is -2.38. The van der Waals surface area contributed by atoms with Crippen LogP contribution >= 0.6 is 11.9 Å². The number of hydrogen-bond donors (Lipinski definition) is 3. The molecule has 2 fully saturated rings. The Balaban J connectivity index is 1.31. The highest BCUT2D eigenvalue weighted by atomic mass is 32.2. The largest absolute Gasteiger partial charge is 0.381 e. The molecule has 2 aliphatic rings. The Morgan fingerprint density at radius 2 is 1.96 bits per heavy atom. The first-order valence-corrected chi connectivity index (χ1v) is 17.2. The van der Waals surface area contributed by atoms with Gasteiger partial charge in [-0.3, -0.25) is 23.1 Å². The van der Waals surface area contributed by atoms with Gasteiger partial charge >= 0.3 is 0 Å². The van der Waals surface area contributed by atoms with Crippen LogP contribution in [0.5, 0.6) is 0 Å². The van der Waals surface area contributed by atoms with E-state index >= 15 is 0 Å². The van der Waals surface area contributed by atoms with Crippen LogP contribution in [0, 0.1) is 13.8 Å². The van der Waals surface area contributed by atoms with Gasteiger partial charge in [0.15, 0.2) is 0 Å². The van der Waals surface area contributed by atoms with Crippen LogP contribution in [-0.4, -0.2) is 91.5 Å². The van der Waals surface area contributed by atoms with Gasteiger partial charge in [0.05, 0.1) is 17.3 Å². The van der Waals surface area contributed by atoms with E-state index in [1.54, 1.807) is 29.6 Å². The fourth-order valence-electron chi connectivity index (χ4n) is 6.56. The van der Waals surface area contributed by atoms with Gasteiger partial charge in [-0.2, -0.15) is 10.1 Å². The summed E-state index contributed by atoms with van der Waals surface area (Å²) in [5.41, 5.74) is 5.56. The Hall–Kier alpha value is -3.94. The fraction of sp³-hybridized carbons (Fsp3) is 0.485. The normalized spacial score (nSPS) is 18.4. The van der Waals surface area contributed by atoms with E-state index in [4.69, 9.17) is 10.1 Å². The van der Waals surface area contributed by atoms with Crippen molar-refractivity contribution in [2.24, 2.45) is 0 Å². The minimum Gasteiger partial charge on any atom is -0.381 e. The second-order valence-electron chi connectivity index (χ2n) is 12.3. The quantitative estimate of drug-likeness (QED) is 0.217. The smallest absolute Gasteiger partial charge is 0.260 e. The second kappa shape index (κ2) is 13.8. The standard InChI is InChI=1S/C33H44N10O2S/c1-21-30(22(2)43(39-21)28-12-14-41(20-28)23(3)44)29-17-24-18-35-33(38-31(24)42(32(29)45)16-15-40(4)46-5)37-26-10-8-25(9-11-26)36-27-7-6-13-34-19-27/h8-11,17-18,27-28,34,36H,6-7,12-16,19-20H2,1-5H3,(H,35,37,38). The molecule has 2 atom stereocenters. The molecular formula is C33H44N10O2S. The van der Waals surface area contributed by atoms with Crippen LogP contribution in [0.4, 0.5) is 17.3 Å². The Morgan fingerprint density at radius 3 is 2.65 bits per heavy atom. The number of rotatable bonds is 10.